The standard InChI is InChI=1S/C18H13Cl2N3O2/c19-12-6-7-13(20)16(9-12)23-17(24)10-21-18(25)15-8-5-11-3-1-2-4-14(11)22-15/h1-9H,10H2,(H,21,25)(H,23,24). The van der Waals surface area contributed by atoms with E-state index in [0.717, 1.165) is 5.39 Å². The smallest absolute Gasteiger partial charge is 0.270 e. The molecule has 0 fully saturated rings. The third kappa shape index (κ3) is 4.26. The molecular formula is C18H13Cl2N3O2. The van der Waals surface area contributed by atoms with Gasteiger partial charge in [0.05, 0.1) is 22.8 Å². The summed E-state index contributed by atoms with van der Waals surface area (Å²) in [4.78, 5) is 28.4. The number of halogens is 2. The first-order valence-electron chi connectivity index (χ1n) is 7.42. The maximum atomic E-state index is 12.2. The number of anilines is 1. The van der Waals surface area contributed by atoms with Gasteiger partial charge in [-0.2, -0.15) is 0 Å². The molecule has 1 aromatic heterocycles. The van der Waals surface area contributed by atoms with Crippen molar-refractivity contribution in [2.75, 3.05) is 11.9 Å². The Labute approximate surface area is 154 Å². The fourth-order valence-electron chi connectivity index (χ4n) is 2.23. The second-order valence-corrected chi connectivity index (χ2v) is 6.09. The highest BCUT2D eigenvalue weighted by Crippen LogP contribution is 2.25. The Hall–Kier alpha value is -2.63. The number of amides is 2. The maximum absolute atomic E-state index is 12.2. The fourth-order valence-corrected chi connectivity index (χ4v) is 2.57. The summed E-state index contributed by atoms with van der Waals surface area (Å²) in [6.07, 6.45) is 0. The highest BCUT2D eigenvalue weighted by molar-refractivity contribution is 6.35. The van der Waals surface area contributed by atoms with E-state index < -0.39 is 11.8 Å². The molecule has 1 heterocycles. The molecule has 7 heteroatoms. The first-order chi connectivity index (χ1) is 12.0. The minimum absolute atomic E-state index is 0.212. The molecule has 0 bridgehead atoms. The molecule has 0 radical (unpaired) electrons. The van der Waals surface area contributed by atoms with Gasteiger partial charge in [-0.25, -0.2) is 4.98 Å². The molecule has 0 spiro atoms. The Balaban J connectivity index is 1.62. The number of rotatable bonds is 4. The number of hydrogen-bond acceptors (Lipinski definition) is 3. The first-order valence-corrected chi connectivity index (χ1v) is 8.17. The Morgan fingerprint density at radius 2 is 1.80 bits per heavy atom. The van der Waals surface area contributed by atoms with Crippen LogP contribution < -0.4 is 10.6 Å². The summed E-state index contributed by atoms with van der Waals surface area (Å²) in [5.74, 6) is -0.851. The third-order valence-corrected chi connectivity index (χ3v) is 4.01. The Bertz CT molecular complexity index is 960. The quantitative estimate of drug-likeness (QED) is 0.728. The molecule has 3 rings (SSSR count). The predicted octanol–water partition coefficient (Wildman–Crippen LogP) is 3.91. The van der Waals surface area contributed by atoms with Gasteiger partial charge in [0.15, 0.2) is 0 Å². The van der Waals surface area contributed by atoms with Crippen LogP contribution in [-0.2, 0) is 4.79 Å². The number of aromatic nitrogens is 1. The number of pyridine rings is 1. The third-order valence-electron chi connectivity index (χ3n) is 3.44. The molecule has 0 aliphatic heterocycles. The van der Waals surface area contributed by atoms with Crippen molar-refractivity contribution in [2.45, 2.75) is 0 Å². The van der Waals surface area contributed by atoms with Gasteiger partial charge in [0, 0.05) is 10.4 Å². The topological polar surface area (TPSA) is 71.1 Å². The molecule has 2 N–H and O–H groups in total. The van der Waals surface area contributed by atoms with Gasteiger partial charge < -0.3 is 10.6 Å². The summed E-state index contributed by atoms with van der Waals surface area (Å²) in [6.45, 7) is -0.212. The average molecular weight is 374 g/mol. The fraction of sp³-hybridized carbons (Fsp3) is 0.0556. The van der Waals surface area contributed by atoms with Gasteiger partial charge in [-0.05, 0) is 30.3 Å². The van der Waals surface area contributed by atoms with Crippen LogP contribution >= 0.6 is 23.2 Å². The zero-order valence-corrected chi connectivity index (χ0v) is 14.4. The van der Waals surface area contributed by atoms with Crippen LogP contribution in [0.5, 0.6) is 0 Å². The van der Waals surface area contributed by atoms with Crippen molar-refractivity contribution in [3.8, 4) is 0 Å². The van der Waals surface area contributed by atoms with Crippen molar-refractivity contribution in [3.05, 3.63) is 70.3 Å². The van der Waals surface area contributed by atoms with Crippen LogP contribution in [0.2, 0.25) is 10.0 Å². The molecule has 2 aromatic carbocycles. The van der Waals surface area contributed by atoms with E-state index in [4.69, 9.17) is 23.2 Å². The summed E-state index contributed by atoms with van der Waals surface area (Å²) < 4.78 is 0. The van der Waals surface area contributed by atoms with Crippen molar-refractivity contribution < 1.29 is 9.59 Å². The van der Waals surface area contributed by atoms with Crippen molar-refractivity contribution in [3.63, 3.8) is 0 Å². The second-order valence-electron chi connectivity index (χ2n) is 5.24. The SMILES string of the molecule is O=C(CNC(=O)c1ccc2ccccc2n1)Nc1cc(Cl)ccc1Cl. The van der Waals surface area contributed by atoms with Crippen LogP contribution in [0.3, 0.4) is 0 Å². The van der Waals surface area contributed by atoms with Crippen molar-refractivity contribution in [1.29, 1.82) is 0 Å². The number of para-hydroxylation sites is 1. The van der Waals surface area contributed by atoms with E-state index in [-0.39, 0.29) is 12.2 Å². The molecular weight excluding hydrogens is 361 g/mol. The van der Waals surface area contributed by atoms with Crippen molar-refractivity contribution >= 4 is 51.6 Å². The number of hydrogen-bond donors (Lipinski definition) is 2. The molecule has 126 valence electrons. The van der Waals surface area contributed by atoms with Crippen LogP contribution in [0, 0.1) is 0 Å². The molecule has 0 unspecified atom stereocenters. The van der Waals surface area contributed by atoms with E-state index in [1.54, 1.807) is 18.2 Å². The zero-order valence-electron chi connectivity index (χ0n) is 12.9. The second kappa shape index (κ2) is 7.51. The lowest BCUT2D eigenvalue weighted by Crippen LogP contribution is -2.33. The molecule has 25 heavy (non-hydrogen) atoms. The number of benzene rings is 2. The van der Waals surface area contributed by atoms with E-state index in [0.29, 0.717) is 21.2 Å². The van der Waals surface area contributed by atoms with Crippen molar-refractivity contribution in [2.24, 2.45) is 0 Å². The minimum Gasteiger partial charge on any atom is -0.342 e. The largest absolute Gasteiger partial charge is 0.342 e. The Morgan fingerprint density at radius 1 is 1.00 bits per heavy atom. The number of nitrogens with zero attached hydrogens (tertiary/aromatic N) is 1. The van der Waals surface area contributed by atoms with Crippen molar-refractivity contribution in [1.82, 2.24) is 10.3 Å². The first kappa shape index (κ1) is 17.2. The molecule has 0 saturated carbocycles. The number of fused-ring (bicyclic) bond motifs is 1. The molecule has 0 aliphatic carbocycles. The number of carbonyl (C=O) groups excluding carboxylic acids is 2. The lowest BCUT2D eigenvalue weighted by atomic mass is 10.2. The van der Waals surface area contributed by atoms with Gasteiger partial charge in [0.1, 0.15) is 5.69 Å². The lowest BCUT2D eigenvalue weighted by Gasteiger charge is -2.09. The molecule has 2 amide bonds. The molecule has 3 aromatic rings. The van der Waals surface area contributed by atoms with Crippen LogP contribution in [0.15, 0.2) is 54.6 Å². The normalized spacial score (nSPS) is 10.5. The van der Waals surface area contributed by atoms with Gasteiger partial charge in [-0.1, -0.05) is 47.5 Å². The van der Waals surface area contributed by atoms with Gasteiger partial charge in [0.25, 0.3) is 5.91 Å². The predicted molar refractivity (Wildman–Crippen MR) is 99.2 cm³/mol. The summed E-state index contributed by atoms with van der Waals surface area (Å²) in [6, 6.07) is 15.6. The van der Waals surface area contributed by atoms with Crippen LogP contribution in [0.4, 0.5) is 5.69 Å². The van der Waals surface area contributed by atoms with E-state index in [9.17, 15) is 9.59 Å². The zero-order chi connectivity index (χ0) is 17.8. The summed E-state index contributed by atoms with van der Waals surface area (Å²) in [7, 11) is 0. The van der Waals surface area contributed by atoms with Crippen LogP contribution in [-0.4, -0.2) is 23.3 Å². The van der Waals surface area contributed by atoms with Gasteiger partial charge in [-0.15, -0.1) is 0 Å². The van der Waals surface area contributed by atoms with Gasteiger partial charge in [0.2, 0.25) is 5.91 Å². The van der Waals surface area contributed by atoms with E-state index in [1.807, 2.05) is 30.3 Å². The van der Waals surface area contributed by atoms with Crippen LogP contribution in [0.1, 0.15) is 10.5 Å². The Kier molecular flexibility index (Phi) is 5.16. The molecule has 0 saturated heterocycles. The highest BCUT2D eigenvalue weighted by Gasteiger charge is 2.11. The maximum Gasteiger partial charge on any atom is 0.270 e. The highest BCUT2D eigenvalue weighted by atomic mass is 35.5. The lowest BCUT2D eigenvalue weighted by molar-refractivity contribution is -0.115. The van der Waals surface area contributed by atoms with Gasteiger partial charge >= 0.3 is 0 Å². The number of nitrogens with one attached hydrogen (secondary N) is 2. The summed E-state index contributed by atoms with van der Waals surface area (Å²) in [5.41, 5.74) is 1.34. The van der Waals surface area contributed by atoms with Crippen LogP contribution in [0.25, 0.3) is 10.9 Å². The molecule has 0 aliphatic rings. The van der Waals surface area contributed by atoms with E-state index in [1.165, 1.54) is 6.07 Å². The van der Waals surface area contributed by atoms with Gasteiger partial charge in [-0.3, -0.25) is 9.59 Å². The van der Waals surface area contributed by atoms with E-state index >= 15 is 0 Å². The molecule has 5 nitrogen and oxygen atoms in total. The molecule has 0 atom stereocenters. The number of carbonyl (C=O) groups is 2. The minimum atomic E-state index is -0.432. The summed E-state index contributed by atoms with van der Waals surface area (Å²) in [5, 5.41) is 6.87. The summed E-state index contributed by atoms with van der Waals surface area (Å²) >= 11 is 11.9. The van der Waals surface area contributed by atoms with E-state index in [2.05, 4.69) is 15.6 Å². The Morgan fingerprint density at radius 3 is 2.64 bits per heavy atom. The average Bonchev–Trinajstić information content (AvgIpc) is 2.62. The monoisotopic (exact) mass is 373 g/mol.